The van der Waals surface area contributed by atoms with Crippen molar-refractivity contribution in [3.8, 4) is 0 Å². The highest BCUT2D eigenvalue weighted by atomic mass is 32.2. The van der Waals surface area contributed by atoms with Crippen LogP contribution in [0.3, 0.4) is 0 Å². The number of hydrogen-bond acceptors (Lipinski definition) is 5. The summed E-state index contributed by atoms with van der Waals surface area (Å²) < 4.78 is 32.1. The van der Waals surface area contributed by atoms with E-state index in [1.165, 1.54) is 10.4 Å². The van der Waals surface area contributed by atoms with E-state index in [4.69, 9.17) is 10.2 Å². The van der Waals surface area contributed by atoms with E-state index in [0.29, 0.717) is 24.0 Å². The molecule has 0 unspecified atom stereocenters. The van der Waals surface area contributed by atoms with Crippen molar-refractivity contribution in [1.82, 2.24) is 9.21 Å². The second-order valence-corrected chi connectivity index (χ2v) is 7.88. The Labute approximate surface area is 126 Å². The molecule has 1 fully saturated rings. The predicted octanol–water partition coefficient (Wildman–Crippen LogP) is 1.01. The fraction of sp³-hybridized carbons (Fsp3) is 0.714. The molecule has 1 aliphatic heterocycles. The van der Waals surface area contributed by atoms with Crippen molar-refractivity contribution in [1.29, 1.82) is 0 Å². The molecule has 0 spiro atoms. The molecule has 0 amide bonds. The van der Waals surface area contributed by atoms with Gasteiger partial charge in [0, 0.05) is 19.7 Å². The summed E-state index contributed by atoms with van der Waals surface area (Å²) in [6.07, 6.45) is 2.07. The molecule has 7 heteroatoms. The minimum absolute atomic E-state index is 0.203. The van der Waals surface area contributed by atoms with Gasteiger partial charge in [-0.05, 0) is 45.8 Å². The second kappa shape index (κ2) is 6.48. The van der Waals surface area contributed by atoms with Gasteiger partial charge in [0.2, 0.25) is 10.0 Å². The van der Waals surface area contributed by atoms with Gasteiger partial charge in [-0.3, -0.25) is 0 Å². The van der Waals surface area contributed by atoms with Crippen molar-refractivity contribution in [2.45, 2.75) is 31.2 Å². The minimum atomic E-state index is -3.50. The minimum Gasteiger partial charge on any atom is -0.464 e. The molecule has 1 saturated heterocycles. The number of nitrogens with two attached hydrogens (primary N) is 1. The van der Waals surface area contributed by atoms with Crippen LogP contribution in [0.2, 0.25) is 0 Å². The summed E-state index contributed by atoms with van der Waals surface area (Å²) in [5, 5.41) is 0. The van der Waals surface area contributed by atoms with Crippen LogP contribution in [-0.4, -0.2) is 51.4 Å². The van der Waals surface area contributed by atoms with Crippen LogP contribution >= 0.6 is 0 Å². The van der Waals surface area contributed by atoms with E-state index < -0.39 is 10.0 Å². The Morgan fingerprint density at radius 2 is 2.05 bits per heavy atom. The lowest BCUT2D eigenvalue weighted by molar-refractivity contribution is 0.202. The van der Waals surface area contributed by atoms with Gasteiger partial charge in [-0.1, -0.05) is 0 Å². The summed E-state index contributed by atoms with van der Waals surface area (Å²) in [6, 6.07) is 1.54. The van der Waals surface area contributed by atoms with E-state index >= 15 is 0 Å². The quantitative estimate of drug-likeness (QED) is 0.877. The molecule has 0 aromatic carbocycles. The Morgan fingerprint density at radius 3 is 2.57 bits per heavy atom. The van der Waals surface area contributed by atoms with Gasteiger partial charge in [0.05, 0.1) is 6.54 Å². The van der Waals surface area contributed by atoms with Crippen LogP contribution < -0.4 is 5.73 Å². The van der Waals surface area contributed by atoms with E-state index in [9.17, 15) is 8.42 Å². The third-order valence-corrected chi connectivity index (χ3v) is 6.10. The van der Waals surface area contributed by atoms with E-state index in [-0.39, 0.29) is 11.4 Å². The summed E-state index contributed by atoms with van der Waals surface area (Å²) in [5.74, 6) is 1.33. The topological polar surface area (TPSA) is 79.8 Å². The molecule has 2 rings (SSSR count). The van der Waals surface area contributed by atoms with Gasteiger partial charge in [0.25, 0.3) is 0 Å². The lowest BCUT2D eigenvalue weighted by Crippen LogP contribution is -2.38. The highest BCUT2D eigenvalue weighted by Crippen LogP contribution is 2.25. The first-order valence-electron chi connectivity index (χ1n) is 7.29. The van der Waals surface area contributed by atoms with Gasteiger partial charge in [0.1, 0.15) is 16.4 Å². The van der Waals surface area contributed by atoms with Crippen LogP contribution in [0.4, 0.5) is 0 Å². The Kier molecular flexibility index (Phi) is 5.08. The Bertz CT molecular complexity index is 574. The second-order valence-electron chi connectivity index (χ2n) is 5.87. The van der Waals surface area contributed by atoms with Crippen molar-refractivity contribution in [2.75, 3.05) is 33.7 Å². The highest BCUT2D eigenvalue weighted by molar-refractivity contribution is 7.89. The smallest absolute Gasteiger partial charge is 0.246 e. The number of rotatable bonds is 5. The summed E-state index contributed by atoms with van der Waals surface area (Å²) in [7, 11) is 0.237. The molecule has 0 bridgehead atoms. The lowest BCUT2D eigenvalue weighted by Gasteiger charge is -2.31. The molecule has 2 N–H and O–H groups in total. The van der Waals surface area contributed by atoms with E-state index in [2.05, 4.69) is 11.9 Å². The fourth-order valence-electron chi connectivity index (χ4n) is 2.76. The average molecular weight is 315 g/mol. The summed E-state index contributed by atoms with van der Waals surface area (Å²) in [6.45, 7) is 4.48. The van der Waals surface area contributed by atoms with Gasteiger partial charge >= 0.3 is 0 Å². The fourth-order valence-corrected chi connectivity index (χ4v) is 4.18. The normalized spacial score (nSPS) is 18.5. The van der Waals surface area contributed by atoms with Crippen molar-refractivity contribution in [2.24, 2.45) is 11.7 Å². The first kappa shape index (κ1) is 16.5. The molecule has 1 aliphatic rings. The number of piperidine rings is 1. The Morgan fingerprint density at radius 1 is 1.43 bits per heavy atom. The molecule has 0 radical (unpaired) electrons. The van der Waals surface area contributed by atoms with Gasteiger partial charge in [-0.2, -0.15) is 0 Å². The monoisotopic (exact) mass is 315 g/mol. The molecule has 1 aromatic heterocycles. The number of sulfonamides is 1. The maximum absolute atomic E-state index is 12.6. The number of aryl methyl sites for hydroxylation is 1. The van der Waals surface area contributed by atoms with Crippen LogP contribution in [-0.2, 0) is 16.6 Å². The maximum Gasteiger partial charge on any atom is 0.246 e. The molecule has 0 saturated carbocycles. The first-order valence-corrected chi connectivity index (χ1v) is 8.73. The standard InChI is InChI=1S/C14H25N3O3S/c1-11-14(8-13(9-15)20-11)21(18,19)17(3)10-12-4-6-16(2)7-5-12/h8,12H,4-7,9-10,15H2,1-3H3. The average Bonchev–Trinajstić information content (AvgIpc) is 2.83. The van der Waals surface area contributed by atoms with Gasteiger partial charge in [-0.15, -0.1) is 0 Å². The maximum atomic E-state index is 12.6. The molecular formula is C14H25N3O3S. The summed E-state index contributed by atoms with van der Waals surface area (Å²) >= 11 is 0. The third-order valence-electron chi connectivity index (χ3n) is 4.17. The third kappa shape index (κ3) is 3.66. The Balaban J connectivity index is 2.09. The predicted molar refractivity (Wildman–Crippen MR) is 81.4 cm³/mol. The number of furan rings is 1. The molecular weight excluding hydrogens is 290 g/mol. The summed E-state index contributed by atoms with van der Waals surface area (Å²) in [4.78, 5) is 2.51. The van der Waals surface area contributed by atoms with E-state index in [1.54, 1.807) is 14.0 Å². The van der Waals surface area contributed by atoms with Crippen molar-refractivity contribution >= 4 is 10.0 Å². The van der Waals surface area contributed by atoms with Gasteiger partial charge in [0.15, 0.2) is 0 Å². The first-order chi connectivity index (χ1) is 9.84. The molecule has 0 aliphatic carbocycles. The van der Waals surface area contributed by atoms with Crippen LogP contribution in [0.15, 0.2) is 15.4 Å². The van der Waals surface area contributed by atoms with Crippen molar-refractivity contribution < 1.29 is 12.8 Å². The van der Waals surface area contributed by atoms with Crippen LogP contribution in [0.25, 0.3) is 0 Å². The Hall–Kier alpha value is -0.890. The van der Waals surface area contributed by atoms with E-state index in [1.807, 2.05) is 0 Å². The SMILES string of the molecule is Cc1oc(CN)cc1S(=O)(=O)N(C)CC1CCN(C)CC1. The molecule has 2 heterocycles. The zero-order chi connectivity index (χ0) is 15.6. The summed E-state index contributed by atoms with van der Waals surface area (Å²) in [5.41, 5.74) is 5.51. The van der Waals surface area contributed by atoms with Crippen LogP contribution in [0.5, 0.6) is 0 Å². The largest absolute Gasteiger partial charge is 0.464 e. The van der Waals surface area contributed by atoms with Crippen LogP contribution in [0, 0.1) is 12.8 Å². The number of hydrogen-bond donors (Lipinski definition) is 1. The van der Waals surface area contributed by atoms with Crippen molar-refractivity contribution in [3.05, 3.63) is 17.6 Å². The van der Waals surface area contributed by atoms with Crippen LogP contribution in [0.1, 0.15) is 24.4 Å². The van der Waals surface area contributed by atoms with E-state index in [0.717, 1.165) is 25.9 Å². The molecule has 21 heavy (non-hydrogen) atoms. The van der Waals surface area contributed by atoms with Crippen molar-refractivity contribution in [3.63, 3.8) is 0 Å². The van der Waals surface area contributed by atoms with Gasteiger partial charge in [-0.25, -0.2) is 12.7 Å². The molecule has 120 valence electrons. The lowest BCUT2D eigenvalue weighted by atomic mass is 9.97. The van der Waals surface area contributed by atoms with Gasteiger partial charge < -0.3 is 15.1 Å². The molecule has 0 atom stereocenters. The highest BCUT2D eigenvalue weighted by Gasteiger charge is 2.28. The zero-order valence-electron chi connectivity index (χ0n) is 13.0. The molecule has 1 aromatic rings. The zero-order valence-corrected chi connectivity index (χ0v) is 13.8. The molecule has 6 nitrogen and oxygen atoms in total. The number of likely N-dealkylation sites (tertiary alicyclic amines) is 1. The number of nitrogens with zero attached hydrogens (tertiary/aromatic N) is 2.